The lowest BCUT2D eigenvalue weighted by Gasteiger charge is -2.21. The first-order chi connectivity index (χ1) is 9.83. The fourth-order valence-corrected chi connectivity index (χ4v) is 3.42. The molecule has 1 fully saturated rings. The summed E-state index contributed by atoms with van der Waals surface area (Å²) in [6.45, 7) is 1.05. The van der Waals surface area contributed by atoms with Gasteiger partial charge in [0.1, 0.15) is 0 Å². The highest BCUT2D eigenvalue weighted by atomic mass is 16.3. The number of hydrogen-bond donors (Lipinski definition) is 2. The third kappa shape index (κ3) is 1.88. The monoisotopic (exact) mass is 272 g/mol. The Bertz CT molecular complexity index is 643. The molecule has 0 bridgehead atoms. The first-order valence-electron chi connectivity index (χ1n) is 7.67. The van der Waals surface area contributed by atoms with Gasteiger partial charge in [-0.1, -0.05) is 6.42 Å². The minimum atomic E-state index is 0.298. The molecule has 0 radical (unpaired) electrons. The molecule has 0 amide bonds. The van der Waals surface area contributed by atoms with Crippen LogP contribution in [-0.2, 0) is 12.8 Å². The standard InChI is InChI=1S/C15H20N4O/c20-15-10-5-1-2-6-11(10)17-14-9-13(18-19(14)15)12-7-3-4-8-16-12/h9,12,16,20H,1-8H2. The van der Waals surface area contributed by atoms with Crippen LogP contribution in [0.25, 0.3) is 5.65 Å². The van der Waals surface area contributed by atoms with Gasteiger partial charge in [-0.05, 0) is 45.1 Å². The second-order valence-corrected chi connectivity index (χ2v) is 5.91. The Kier molecular flexibility index (Phi) is 2.88. The van der Waals surface area contributed by atoms with E-state index in [2.05, 4.69) is 10.4 Å². The number of aromatic nitrogens is 3. The van der Waals surface area contributed by atoms with Crippen molar-refractivity contribution in [2.24, 2.45) is 0 Å². The number of rotatable bonds is 1. The summed E-state index contributed by atoms with van der Waals surface area (Å²) in [5, 5.41) is 18.5. The van der Waals surface area contributed by atoms with Gasteiger partial charge >= 0.3 is 0 Å². The molecule has 3 heterocycles. The molecule has 0 spiro atoms. The Morgan fingerprint density at radius 1 is 1.20 bits per heavy atom. The zero-order valence-corrected chi connectivity index (χ0v) is 11.6. The predicted molar refractivity (Wildman–Crippen MR) is 75.9 cm³/mol. The summed E-state index contributed by atoms with van der Waals surface area (Å²) in [4.78, 5) is 4.70. The van der Waals surface area contributed by atoms with E-state index >= 15 is 0 Å². The van der Waals surface area contributed by atoms with Crippen molar-refractivity contribution in [2.75, 3.05) is 6.54 Å². The Balaban J connectivity index is 1.80. The minimum absolute atomic E-state index is 0.298. The van der Waals surface area contributed by atoms with Crippen LogP contribution in [0.15, 0.2) is 6.07 Å². The van der Waals surface area contributed by atoms with Gasteiger partial charge < -0.3 is 10.4 Å². The number of aryl methyl sites for hydroxylation is 1. The van der Waals surface area contributed by atoms with E-state index in [0.29, 0.717) is 11.9 Å². The number of hydrogen-bond acceptors (Lipinski definition) is 4. The molecule has 106 valence electrons. The predicted octanol–water partition coefficient (Wildman–Crippen LogP) is 2.13. The van der Waals surface area contributed by atoms with E-state index in [1.807, 2.05) is 6.07 Å². The Hall–Kier alpha value is -1.62. The van der Waals surface area contributed by atoms with E-state index in [1.54, 1.807) is 4.52 Å². The van der Waals surface area contributed by atoms with Crippen LogP contribution >= 0.6 is 0 Å². The largest absolute Gasteiger partial charge is 0.493 e. The fraction of sp³-hybridized carbons (Fsp3) is 0.600. The van der Waals surface area contributed by atoms with Crippen molar-refractivity contribution in [3.63, 3.8) is 0 Å². The Morgan fingerprint density at radius 2 is 2.10 bits per heavy atom. The molecule has 4 rings (SSSR count). The van der Waals surface area contributed by atoms with Crippen LogP contribution in [-0.4, -0.2) is 26.2 Å². The smallest absolute Gasteiger partial charge is 0.219 e. The van der Waals surface area contributed by atoms with Crippen molar-refractivity contribution in [1.82, 2.24) is 19.9 Å². The topological polar surface area (TPSA) is 62.5 Å². The third-order valence-electron chi connectivity index (χ3n) is 4.54. The number of aromatic hydroxyl groups is 1. The first-order valence-corrected chi connectivity index (χ1v) is 7.67. The zero-order valence-electron chi connectivity index (χ0n) is 11.6. The van der Waals surface area contributed by atoms with Crippen molar-refractivity contribution in [3.8, 4) is 5.88 Å². The van der Waals surface area contributed by atoms with Gasteiger partial charge in [0.15, 0.2) is 5.65 Å². The molecule has 5 nitrogen and oxygen atoms in total. The van der Waals surface area contributed by atoms with Crippen LogP contribution in [0.1, 0.15) is 55.1 Å². The molecule has 1 unspecified atom stereocenters. The molecule has 20 heavy (non-hydrogen) atoms. The van der Waals surface area contributed by atoms with E-state index in [4.69, 9.17) is 4.98 Å². The van der Waals surface area contributed by atoms with Crippen molar-refractivity contribution >= 4 is 5.65 Å². The van der Waals surface area contributed by atoms with Crippen molar-refractivity contribution in [2.45, 2.75) is 51.0 Å². The molecular formula is C15H20N4O. The third-order valence-corrected chi connectivity index (χ3v) is 4.54. The van der Waals surface area contributed by atoms with Crippen LogP contribution in [0.5, 0.6) is 5.88 Å². The van der Waals surface area contributed by atoms with Gasteiger partial charge in [-0.25, -0.2) is 4.98 Å². The Morgan fingerprint density at radius 3 is 2.95 bits per heavy atom. The SMILES string of the molecule is Oc1c2c(nc3cc(C4CCCCN4)nn13)CCCC2. The second-order valence-electron chi connectivity index (χ2n) is 5.91. The molecule has 0 aromatic carbocycles. The van der Waals surface area contributed by atoms with E-state index in [0.717, 1.165) is 54.8 Å². The summed E-state index contributed by atoms with van der Waals surface area (Å²) in [6, 6.07) is 2.33. The summed E-state index contributed by atoms with van der Waals surface area (Å²) < 4.78 is 1.62. The molecule has 1 atom stereocenters. The average molecular weight is 272 g/mol. The van der Waals surface area contributed by atoms with E-state index < -0.39 is 0 Å². The minimum Gasteiger partial charge on any atom is -0.493 e. The fourth-order valence-electron chi connectivity index (χ4n) is 3.42. The average Bonchev–Trinajstić information content (AvgIpc) is 2.93. The van der Waals surface area contributed by atoms with Gasteiger partial charge in [0.2, 0.25) is 5.88 Å². The number of nitrogens with one attached hydrogen (secondary N) is 1. The van der Waals surface area contributed by atoms with Crippen molar-refractivity contribution < 1.29 is 5.11 Å². The van der Waals surface area contributed by atoms with Crippen molar-refractivity contribution in [1.29, 1.82) is 0 Å². The second kappa shape index (κ2) is 4.74. The van der Waals surface area contributed by atoms with E-state index in [1.165, 1.54) is 19.3 Å². The number of piperidine rings is 1. The molecule has 5 heteroatoms. The highest BCUT2D eigenvalue weighted by Crippen LogP contribution is 2.30. The van der Waals surface area contributed by atoms with Crippen molar-refractivity contribution in [3.05, 3.63) is 23.0 Å². The highest BCUT2D eigenvalue weighted by molar-refractivity contribution is 5.48. The Labute approximate surface area is 118 Å². The molecular weight excluding hydrogens is 252 g/mol. The van der Waals surface area contributed by atoms with Crippen LogP contribution < -0.4 is 5.32 Å². The van der Waals surface area contributed by atoms with Crippen LogP contribution in [0, 0.1) is 0 Å². The maximum absolute atomic E-state index is 10.4. The maximum atomic E-state index is 10.4. The van der Waals surface area contributed by atoms with Crippen LogP contribution in [0.2, 0.25) is 0 Å². The van der Waals surface area contributed by atoms with E-state index in [9.17, 15) is 5.11 Å². The van der Waals surface area contributed by atoms with Gasteiger partial charge in [-0.2, -0.15) is 9.61 Å². The first kappa shape index (κ1) is 12.1. The summed E-state index contributed by atoms with van der Waals surface area (Å²) in [5.41, 5.74) is 3.85. The van der Waals surface area contributed by atoms with Crippen LogP contribution in [0.3, 0.4) is 0 Å². The van der Waals surface area contributed by atoms with Crippen LogP contribution in [0.4, 0.5) is 0 Å². The normalized spacial score (nSPS) is 22.9. The molecule has 2 N–H and O–H groups in total. The van der Waals surface area contributed by atoms with E-state index in [-0.39, 0.29) is 0 Å². The summed E-state index contributed by atoms with van der Waals surface area (Å²) in [7, 11) is 0. The summed E-state index contributed by atoms with van der Waals surface area (Å²) in [5.74, 6) is 0.298. The summed E-state index contributed by atoms with van der Waals surface area (Å²) >= 11 is 0. The lowest BCUT2D eigenvalue weighted by Crippen LogP contribution is -2.27. The molecule has 2 aromatic rings. The highest BCUT2D eigenvalue weighted by Gasteiger charge is 2.22. The van der Waals surface area contributed by atoms with Gasteiger partial charge in [-0.15, -0.1) is 0 Å². The lowest BCUT2D eigenvalue weighted by atomic mass is 9.97. The molecule has 2 aromatic heterocycles. The maximum Gasteiger partial charge on any atom is 0.219 e. The van der Waals surface area contributed by atoms with Gasteiger partial charge in [0.05, 0.1) is 17.4 Å². The van der Waals surface area contributed by atoms with Gasteiger partial charge in [-0.3, -0.25) is 0 Å². The molecule has 1 aliphatic carbocycles. The molecule has 1 aliphatic heterocycles. The van der Waals surface area contributed by atoms with Gasteiger partial charge in [0, 0.05) is 11.6 Å². The lowest BCUT2D eigenvalue weighted by molar-refractivity contribution is 0.396. The number of nitrogens with zero attached hydrogens (tertiary/aromatic N) is 3. The zero-order chi connectivity index (χ0) is 13.5. The quantitative estimate of drug-likeness (QED) is 0.835. The molecule has 0 saturated carbocycles. The summed E-state index contributed by atoms with van der Waals surface area (Å²) in [6.07, 6.45) is 7.78. The molecule has 1 saturated heterocycles. The van der Waals surface area contributed by atoms with Gasteiger partial charge in [0.25, 0.3) is 0 Å². The number of fused-ring (bicyclic) bond motifs is 2. The molecule has 2 aliphatic rings.